The third-order valence-electron chi connectivity index (χ3n) is 4.54. The first-order chi connectivity index (χ1) is 14.1. The Kier molecular flexibility index (Phi) is 2.38. The lowest BCUT2D eigenvalue weighted by atomic mass is 9.96. The Hall–Kier alpha value is -3.32. The van der Waals surface area contributed by atoms with Crippen LogP contribution in [-0.4, -0.2) is 4.98 Å². The molecule has 1 aromatic heterocycles. The highest BCUT2D eigenvalue weighted by molar-refractivity contribution is 6.14. The van der Waals surface area contributed by atoms with Crippen molar-refractivity contribution in [3.63, 3.8) is 0 Å². The smallest absolute Gasteiger partial charge is 0.0645 e. The number of benzene rings is 4. The van der Waals surface area contributed by atoms with Crippen molar-refractivity contribution >= 4 is 21.8 Å². The first-order valence-corrected chi connectivity index (χ1v) is 8.23. The number of rotatable bonds is 2. The van der Waals surface area contributed by atoms with Crippen LogP contribution in [0.25, 0.3) is 44.1 Å². The lowest BCUT2D eigenvalue weighted by molar-refractivity contribution is 1.54. The Balaban J connectivity index is 1.83. The van der Waals surface area contributed by atoms with Crippen LogP contribution in [0.4, 0.5) is 0 Å². The lowest BCUT2D eigenvalue weighted by Crippen LogP contribution is -1.82. The maximum absolute atomic E-state index is 8.45. The first kappa shape index (κ1) is 10.5. The molecule has 0 spiro atoms. The maximum atomic E-state index is 8.45. The van der Waals surface area contributed by atoms with Crippen LogP contribution < -0.4 is 0 Å². The molecule has 25 heavy (non-hydrogen) atoms. The molecule has 1 N–H and O–H groups in total. The second-order valence-corrected chi connectivity index (χ2v) is 6.05. The van der Waals surface area contributed by atoms with Gasteiger partial charge in [0.15, 0.2) is 0 Å². The molecule has 0 bridgehead atoms. The van der Waals surface area contributed by atoms with Crippen molar-refractivity contribution in [3.8, 4) is 22.3 Å². The number of nitrogens with one attached hydrogen (secondary N) is 1. The number of H-pyrrole nitrogens is 1. The lowest BCUT2D eigenvalue weighted by Gasteiger charge is -2.08. The fourth-order valence-electron chi connectivity index (χ4n) is 3.39. The van der Waals surface area contributed by atoms with E-state index in [0.29, 0.717) is 10.9 Å². The average Bonchev–Trinajstić information content (AvgIpc) is 3.17. The normalized spacial score (nSPS) is 13.4. The van der Waals surface area contributed by atoms with Crippen LogP contribution in [-0.2, 0) is 0 Å². The first-order valence-electron chi connectivity index (χ1n) is 10.2. The fourth-order valence-corrected chi connectivity index (χ4v) is 3.39. The Morgan fingerprint density at radius 2 is 1.40 bits per heavy atom. The van der Waals surface area contributed by atoms with E-state index in [1.54, 1.807) is 0 Å². The highest BCUT2D eigenvalue weighted by Crippen LogP contribution is 2.35. The Morgan fingerprint density at radius 3 is 2.32 bits per heavy atom. The topological polar surface area (TPSA) is 15.8 Å². The van der Waals surface area contributed by atoms with Crippen molar-refractivity contribution in [2.75, 3.05) is 0 Å². The molecule has 1 heteroatoms. The van der Waals surface area contributed by atoms with E-state index in [0.717, 1.165) is 33.2 Å². The van der Waals surface area contributed by atoms with Crippen molar-refractivity contribution in [1.82, 2.24) is 4.98 Å². The predicted octanol–water partition coefficient (Wildman–Crippen LogP) is 6.66. The van der Waals surface area contributed by atoms with E-state index in [2.05, 4.69) is 29.2 Å². The summed E-state index contributed by atoms with van der Waals surface area (Å²) in [4.78, 5) is 3.20. The zero-order valence-electron chi connectivity index (χ0n) is 17.4. The van der Waals surface area contributed by atoms with E-state index in [-0.39, 0.29) is 24.2 Å². The van der Waals surface area contributed by atoms with Gasteiger partial charge in [-0.15, -0.1) is 0 Å². The van der Waals surface area contributed by atoms with Gasteiger partial charge in [-0.25, -0.2) is 0 Å². The molecule has 0 aliphatic heterocycles. The molecule has 0 amide bonds. The number of hydrogen-bond acceptors (Lipinski definition) is 0. The zero-order valence-corrected chi connectivity index (χ0v) is 13.4. The SMILES string of the molecule is [2H]c1c([2H])c([2H])c2c([nH]c3cccc(-c4cccc(-c5ccccc5)c4)c32)c1[2H]. The molecule has 4 aromatic carbocycles. The minimum Gasteiger partial charge on any atom is -0.354 e. The zero-order chi connectivity index (χ0) is 20.1. The molecule has 1 nitrogen and oxygen atoms in total. The number of fused-ring (bicyclic) bond motifs is 3. The molecule has 118 valence electrons. The summed E-state index contributed by atoms with van der Waals surface area (Å²) in [6.45, 7) is 0. The highest BCUT2D eigenvalue weighted by atomic mass is 14.7. The molecule has 0 saturated carbocycles. The standard InChI is InChI=1S/C24H17N/c1-2-8-17(9-3-1)18-10-6-11-19(16-18)20-13-7-15-23-24(20)21-12-4-5-14-22(21)25-23/h1-16,25H/i4D,5D,12D,14D. The number of hydrogen-bond donors (Lipinski definition) is 1. The summed E-state index contributed by atoms with van der Waals surface area (Å²) < 4.78 is 32.8. The number of para-hydroxylation sites is 1. The van der Waals surface area contributed by atoms with Crippen LogP contribution in [0.1, 0.15) is 5.48 Å². The molecule has 0 saturated heterocycles. The van der Waals surface area contributed by atoms with Crippen LogP contribution in [0, 0.1) is 0 Å². The van der Waals surface area contributed by atoms with Gasteiger partial charge in [0.1, 0.15) is 0 Å². The van der Waals surface area contributed by atoms with Gasteiger partial charge in [0, 0.05) is 21.8 Å². The van der Waals surface area contributed by atoms with Gasteiger partial charge in [-0.1, -0.05) is 78.8 Å². The summed E-state index contributed by atoms with van der Waals surface area (Å²) in [5.41, 5.74) is 5.42. The van der Waals surface area contributed by atoms with Crippen molar-refractivity contribution in [2.45, 2.75) is 0 Å². The molecule has 5 rings (SSSR count). The minimum atomic E-state index is -0.221. The number of aromatic nitrogens is 1. The van der Waals surface area contributed by atoms with Crippen LogP contribution >= 0.6 is 0 Å². The molecule has 0 radical (unpaired) electrons. The van der Waals surface area contributed by atoms with E-state index in [1.165, 1.54) is 0 Å². The van der Waals surface area contributed by atoms with E-state index in [9.17, 15) is 0 Å². The monoisotopic (exact) mass is 323 g/mol. The third-order valence-corrected chi connectivity index (χ3v) is 4.54. The summed E-state index contributed by atoms with van der Waals surface area (Å²) >= 11 is 0. The summed E-state index contributed by atoms with van der Waals surface area (Å²) in [6.07, 6.45) is 0. The van der Waals surface area contributed by atoms with Crippen molar-refractivity contribution in [2.24, 2.45) is 0 Å². The Morgan fingerprint density at radius 1 is 0.640 bits per heavy atom. The summed E-state index contributed by atoms with van der Waals surface area (Å²) in [5, 5.41) is 1.35. The Bertz CT molecular complexity index is 1390. The van der Waals surface area contributed by atoms with Crippen molar-refractivity contribution in [1.29, 1.82) is 0 Å². The molecule has 1 heterocycles. The van der Waals surface area contributed by atoms with E-state index in [4.69, 9.17) is 5.48 Å². The Labute approximate surface area is 152 Å². The van der Waals surface area contributed by atoms with Gasteiger partial charge in [-0.05, 0) is 40.4 Å². The van der Waals surface area contributed by atoms with Gasteiger partial charge in [0.2, 0.25) is 0 Å². The van der Waals surface area contributed by atoms with Crippen LogP contribution in [0.5, 0.6) is 0 Å². The second kappa shape index (κ2) is 5.64. The summed E-state index contributed by atoms with van der Waals surface area (Å²) in [5.74, 6) is 0. The van der Waals surface area contributed by atoms with Crippen LogP contribution in [0.15, 0.2) is 97.0 Å². The fraction of sp³-hybridized carbons (Fsp3) is 0. The van der Waals surface area contributed by atoms with Crippen molar-refractivity contribution in [3.05, 3.63) is 97.0 Å². The second-order valence-electron chi connectivity index (χ2n) is 6.05. The number of aromatic amines is 1. The molecule has 0 fully saturated rings. The summed E-state index contributed by atoms with van der Waals surface area (Å²) in [6, 6.07) is 23.8. The highest BCUT2D eigenvalue weighted by Gasteiger charge is 2.10. The van der Waals surface area contributed by atoms with Gasteiger partial charge in [-0.3, -0.25) is 0 Å². The van der Waals surface area contributed by atoms with Gasteiger partial charge in [0.25, 0.3) is 0 Å². The van der Waals surface area contributed by atoms with Crippen LogP contribution in [0.3, 0.4) is 0 Å². The summed E-state index contributed by atoms with van der Waals surface area (Å²) in [7, 11) is 0. The molecule has 0 atom stereocenters. The minimum absolute atomic E-state index is 0.0149. The predicted molar refractivity (Wildman–Crippen MR) is 107 cm³/mol. The van der Waals surface area contributed by atoms with Gasteiger partial charge < -0.3 is 4.98 Å². The van der Waals surface area contributed by atoms with Gasteiger partial charge in [0.05, 0.1) is 5.48 Å². The quantitative estimate of drug-likeness (QED) is 0.374. The van der Waals surface area contributed by atoms with Crippen LogP contribution in [0.2, 0.25) is 0 Å². The maximum Gasteiger partial charge on any atom is 0.0645 e. The average molecular weight is 323 g/mol. The largest absolute Gasteiger partial charge is 0.354 e. The van der Waals surface area contributed by atoms with Crippen molar-refractivity contribution < 1.29 is 5.48 Å². The third kappa shape index (κ3) is 2.33. The molecule has 0 unspecified atom stereocenters. The molecule has 0 aliphatic carbocycles. The van der Waals surface area contributed by atoms with E-state index < -0.39 is 0 Å². The molecule has 0 aliphatic rings. The van der Waals surface area contributed by atoms with E-state index >= 15 is 0 Å². The molecular formula is C24H17N. The molecular weight excluding hydrogens is 302 g/mol. The molecule has 5 aromatic rings. The van der Waals surface area contributed by atoms with E-state index in [1.807, 2.05) is 48.5 Å². The van der Waals surface area contributed by atoms with Gasteiger partial charge >= 0.3 is 0 Å². The van der Waals surface area contributed by atoms with Gasteiger partial charge in [-0.2, -0.15) is 0 Å².